The molecular weight excluding hydrogens is 739 g/mol. The van der Waals surface area contributed by atoms with Crippen molar-refractivity contribution in [3.05, 3.63) is 197 Å². The zero-order valence-corrected chi connectivity index (χ0v) is 35.5. The van der Waals surface area contributed by atoms with Gasteiger partial charge in [0.2, 0.25) is 0 Å². The van der Waals surface area contributed by atoms with Gasteiger partial charge in [0.25, 0.3) is 0 Å². The summed E-state index contributed by atoms with van der Waals surface area (Å²) in [6.45, 7) is 13.7. The predicted octanol–water partition coefficient (Wildman–Crippen LogP) is 13.2. The first-order valence-electron chi connectivity index (χ1n) is 21.8. The van der Waals surface area contributed by atoms with Gasteiger partial charge in [-0.25, -0.2) is 0 Å². The average molecular weight is 785 g/mol. The fourth-order valence-electron chi connectivity index (χ4n) is 11.6. The Hall–Kier alpha value is -6.78. The molecule has 2 aromatic heterocycles. The topological polar surface area (TPSA) is 21.3 Å². The molecule has 3 nitrogen and oxygen atoms in total. The minimum absolute atomic E-state index is 0.0335. The normalized spacial score (nSPS) is 14.8. The molecule has 3 aliphatic heterocycles. The van der Waals surface area contributed by atoms with Crippen molar-refractivity contribution in [3.8, 4) is 16.8 Å². The maximum atomic E-state index is 7.25. The molecule has 3 aliphatic rings. The van der Waals surface area contributed by atoms with E-state index in [0.717, 1.165) is 16.6 Å². The number of hydrogen-bond acceptors (Lipinski definition) is 2. The summed E-state index contributed by atoms with van der Waals surface area (Å²) in [5.41, 5.74) is 20.4. The third-order valence-corrected chi connectivity index (χ3v) is 14.3. The second kappa shape index (κ2) is 11.7. The lowest BCUT2D eigenvalue weighted by molar-refractivity contribution is 0.590. The van der Waals surface area contributed by atoms with Crippen LogP contribution in [0.1, 0.15) is 74.9 Å². The van der Waals surface area contributed by atoms with Crippen LogP contribution in [0.25, 0.3) is 60.6 Å². The van der Waals surface area contributed by atoms with Gasteiger partial charge in [0.15, 0.2) is 0 Å². The van der Waals surface area contributed by atoms with Crippen molar-refractivity contribution >= 4 is 72.9 Å². The van der Waals surface area contributed by atoms with Crippen LogP contribution in [0.2, 0.25) is 0 Å². The first-order chi connectivity index (χ1) is 29.6. The van der Waals surface area contributed by atoms with Crippen molar-refractivity contribution in [2.75, 3.05) is 4.81 Å². The first kappa shape index (κ1) is 35.0. The molecule has 61 heavy (non-hydrogen) atoms. The molecule has 0 saturated heterocycles. The minimum Gasteiger partial charge on any atom is -0.455 e. The highest BCUT2D eigenvalue weighted by Gasteiger charge is 2.52. The molecule has 0 saturated carbocycles. The standard InChI is InChI=1S/C57H45BN2O/c1-55(2,3)34-27-30-38(31-28-34)60-45-32-29-37(56(4,5)6)33-41(45)49-50-53-47(48-39-21-13-14-26-46(39)61-54(48)49)40-22-15-23-42-51(40)59(53)52-43(24-16-25-44(52)58(50)60)57(42,35-17-9-7-10-18-35)36-19-11-8-12-20-36/h7-33H,1-6H3. The summed E-state index contributed by atoms with van der Waals surface area (Å²) >= 11 is 0. The SMILES string of the molecule is CC(C)(C)c1ccc(N2B3c4cccc5c4-n4c6c(cccc6c6c7c(oc8ccccc87)c(c3c64)-c3cc(C(C)(C)C)ccc32)C5(c2ccccc2)c2ccccc2)cc1. The molecule has 13 rings (SSSR count). The molecule has 5 heterocycles. The smallest absolute Gasteiger partial charge is 0.333 e. The number of hydrogen-bond donors (Lipinski definition) is 0. The van der Waals surface area contributed by atoms with E-state index in [1.165, 1.54) is 99.7 Å². The first-order valence-corrected chi connectivity index (χ1v) is 21.8. The van der Waals surface area contributed by atoms with Gasteiger partial charge < -0.3 is 13.8 Å². The van der Waals surface area contributed by atoms with Gasteiger partial charge >= 0.3 is 6.85 Å². The summed E-state index contributed by atoms with van der Waals surface area (Å²) < 4.78 is 9.93. The quantitative estimate of drug-likeness (QED) is 0.166. The molecule has 0 amide bonds. The highest BCUT2D eigenvalue weighted by Crippen LogP contribution is 2.58. The van der Waals surface area contributed by atoms with Gasteiger partial charge in [-0.05, 0) is 85.5 Å². The van der Waals surface area contributed by atoms with E-state index in [1.54, 1.807) is 0 Å². The number of nitrogens with zero attached hydrogens (tertiary/aromatic N) is 2. The van der Waals surface area contributed by atoms with Crippen LogP contribution in [0.5, 0.6) is 0 Å². The summed E-state index contributed by atoms with van der Waals surface area (Å²) in [5, 5.41) is 4.90. The third-order valence-electron chi connectivity index (χ3n) is 14.3. The third kappa shape index (κ3) is 4.35. The maximum absolute atomic E-state index is 7.25. The number of benzene rings is 8. The van der Waals surface area contributed by atoms with Crippen molar-refractivity contribution in [1.29, 1.82) is 0 Å². The van der Waals surface area contributed by atoms with Gasteiger partial charge in [-0.3, -0.25) is 0 Å². The summed E-state index contributed by atoms with van der Waals surface area (Å²) in [6.07, 6.45) is 0. The molecule has 0 spiro atoms. The van der Waals surface area contributed by atoms with Gasteiger partial charge in [-0.2, -0.15) is 0 Å². The number of aromatic nitrogens is 1. The molecule has 0 fully saturated rings. The van der Waals surface area contributed by atoms with Crippen LogP contribution in [-0.2, 0) is 16.2 Å². The molecular formula is C57H45BN2O. The van der Waals surface area contributed by atoms with Gasteiger partial charge in [-0.1, -0.05) is 175 Å². The number of fused-ring (bicyclic) bond motifs is 9. The molecule has 0 atom stereocenters. The Morgan fingerprint density at radius 1 is 0.541 bits per heavy atom. The molecule has 292 valence electrons. The molecule has 0 radical (unpaired) electrons. The van der Waals surface area contributed by atoms with E-state index in [0.29, 0.717) is 0 Å². The van der Waals surface area contributed by atoms with Gasteiger partial charge in [0.05, 0.1) is 16.4 Å². The summed E-state index contributed by atoms with van der Waals surface area (Å²) in [5.74, 6) is 0. The molecule has 0 aliphatic carbocycles. The second-order valence-corrected chi connectivity index (χ2v) is 19.6. The van der Waals surface area contributed by atoms with E-state index < -0.39 is 5.41 Å². The van der Waals surface area contributed by atoms with Crippen molar-refractivity contribution in [2.24, 2.45) is 0 Å². The summed E-state index contributed by atoms with van der Waals surface area (Å²) in [7, 11) is 0. The van der Waals surface area contributed by atoms with Crippen LogP contribution >= 0.6 is 0 Å². The van der Waals surface area contributed by atoms with Crippen molar-refractivity contribution in [3.63, 3.8) is 0 Å². The van der Waals surface area contributed by atoms with E-state index in [-0.39, 0.29) is 17.7 Å². The Labute approximate surface area is 357 Å². The Kier molecular flexibility index (Phi) is 6.74. The van der Waals surface area contributed by atoms with E-state index in [2.05, 4.69) is 215 Å². The fraction of sp³-hybridized carbons (Fsp3) is 0.158. The number of anilines is 2. The zero-order valence-electron chi connectivity index (χ0n) is 35.5. The van der Waals surface area contributed by atoms with Gasteiger partial charge in [0.1, 0.15) is 11.2 Å². The minimum atomic E-state index is -0.580. The average Bonchev–Trinajstić information content (AvgIpc) is 3.83. The number of para-hydroxylation sites is 3. The molecule has 4 heteroatoms. The van der Waals surface area contributed by atoms with Crippen molar-refractivity contribution < 1.29 is 4.42 Å². The number of rotatable bonds is 3. The van der Waals surface area contributed by atoms with Crippen LogP contribution < -0.4 is 15.7 Å². The lowest BCUT2D eigenvalue weighted by atomic mass is 9.43. The molecule has 0 N–H and O–H groups in total. The monoisotopic (exact) mass is 784 g/mol. The molecule has 0 bridgehead atoms. The highest BCUT2D eigenvalue weighted by atomic mass is 16.3. The second-order valence-electron chi connectivity index (χ2n) is 19.6. The maximum Gasteiger partial charge on any atom is 0.333 e. The van der Waals surface area contributed by atoms with E-state index >= 15 is 0 Å². The van der Waals surface area contributed by atoms with Crippen LogP contribution in [0.15, 0.2) is 168 Å². The van der Waals surface area contributed by atoms with Crippen LogP contribution in [0, 0.1) is 0 Å². The van der Waals surface area contributed by atoms with Gasteiger partial charge in [0, 0.05) is 49.7 Å². The van der Waals surface area contributed by atoms with Crippen LogP contribution in [-0.4, -0.2) is 11.4 Å². The predicted molar refractivity (Wildman–Crippen MR) is 256 cm³/mol. The Bertz CT molecular complexity index is 3450. The Morgan fingerprint density at radius 2 is 1.16 bits per heavy atom. The van der Waals surface area contributed by atoms with Crippen molar-refractivity contribution in [2.45, 2.75) is 57.8 Å². The van der Waals surface area contributed by atoms with Crippen LogP contribution in [0.4, 0.5) is 11.4 Å². The van der Waals surface area contributed by atoms with Crippen molar-refractivity contribution in [1.82, 2.24) is 4.57 Å². The highest BCUT2D eigenvalue weighted by molar-refractivity contribution is 6.94. The van der Waals surface area contributed by atoms with E-state index in [4.69, 9.17) is 4.42 Å². The zero-order chi connectivity index (χ0) is 41.2. The summed E-state index contributed by atoms with van der Waals surface area (Å²) in [6, 6.07) is 62.0. The van der Waals surface area contributed by atoms with E-state index in [9.17, 15) is 0 Å². The Morgan fingerprint density at radius 3 is 1.87 bits per heavy atom. The Balaban J connectivity index is 1.30. The largest absolute Gasteiger partial charge is 0.455 e. The fourth-order valence-corrected chi connectivity index (χ4v) is 11.6. The lowest BCUT2D eigenvalue weighted by Crippen LogP contribution is -2.61. The number of furan rings is 1. The van der Waals surface area contributed by atoms with E-state index in [1.807, 2.05) is 0 Å². The van der Waals surface area contributed by atoms with Crippen LogP contribution in [0.3, 0.4) is 0 Å². The molecule has 10 aromatic rings. The van der Waals surface area contributed by atoms with Gasteiger partial charge in [-0.15, -0.1) is 0 Å². The molecule has 0 unspecified atom stereocenters. The molecule has 8 aromatic carbocycles. The summed E-state index contributed by atoms with van der Waals surface area (Å²) in [4.78, 5) is 2.66. The lowest BCUT2D eigenvalue weighted by Gasteiger charge is -2.46.